The van der Waals surface area contributed by atoms with Crippen molar-refractivity contribution >= 4 is 0 Å². The molecule has 0 bridgehead atoms. The van der Waals surface area contributed by atoms with Gasteiger partial charge in [0.2, 0.25) is 0 Å². The molecule has 2 nitrogen and oxygen atoms in total. The zero-order valence-corrected chi connectivity index (χ0v) is 11.7. The number of hydrogen-bond acceptors (Lipinski definition) is 2. The van der Waals surface area contributed by atoms with Crippen molar-refractivity contribution in [3.05, 3.63) is 29.3 Å². The maximum absolute atomic E-state index is 5.85. The lowest BCUT2D eigenvalue weighted by molar-refractivity contribution is 0.283. The molecule has 17 heavy (non-hydrogen) atoms. The van der Waals surface area contributed by atoms with E-state index in [2.05, 4.69) is 52.8 Å². The van der Waals surface area contributed by atoms with Gasteiger partial charge in [0.25, 0.3) is 0 Å². The van der Waals surface area contributed by atoms with Crippen molar-refractivity contribution in [2.75, 3.05) is 6.61 Å². The van der Waals surface area contributed by atoms with Crippen LogP contribution < -0.4 is 10.5 Å². The molecular formula is C15H25NO. The average molecular weight is 235 g/mol. The molecule has 1 rings (SSSR count). The first kappa shape index (κ1) is 14.0. The fourth-order valence-corrected chi connectivity index (χ4v) is 1.59. The van der Waals surface area contributed by atoms with Gasteiger partial charge in [0.05, 0.1) is 0 Å². The van der Waals surface area contributed by atoms with Crippen LogP contribution in [0.15, 0.2) is 18.2 Å². The van der Waals surface area contributed by atoms with Crippen LogP contribution in [-0.4, -0.2) is 12.6 Å². The van der Waals surface area contributed by atoms with Crippen LogP contribution in [0.5, 0.6) is 5.75 Å². The van der Waals surface area contributed by atoms with Crippen LogP contribution in [0.25, 0.3) is 0 Å². The highest BCUT2D eigenvalue weighted by molar-refractivity contribution is 5.38. The third-order valence-electron chi connectivity index (χ3n) is 3.02. The predicted molar refractivity (Wildman–Crippen MR) is 73.6 cm³/mol. The number of benzene rings is 1. The van der Waals surface area contributed by atoms with Crippen LogP contribution in [-0.2, 0) is 5.41 Å². The van der Waals surface area contributed by atoms with Gasteiger partial charge >= 0.3 is 0 Å². The number of nitrogens with two attached hydrogens (primary N) is 1. The number of rotatable bonds is 4. The Balaban J connectivity index is 2.77. The first-order valence-corrected chi connectivity index (χ1v) is 6.34. The Morgan fingerprint density at radius 3 is 2.41 bits per heavy atom. The molecule has 2 N–H and O–H groups in total. The Morgan fingerprint density at radius 2 is 1.94 bits per heavy atom. The van der Waals surface area contributed by atoms with Crippen LogP contribution >= 0.6 is 0 Å². The number of aryl methyl sites for hydroxylation is 1. The van der Waals surface area contributed by atoms with Gasteiger partial charge in [-0.15, -0.1) is 0 Å². The fourth-order valence-electron chi connectivity index (χ4n) is 1.59. The van der Waals surface area contributed by atoms with E-state index in [0.717, 1.165) is 12.2 Å². The molecular weight excluding hydrogens is 210 g/mol. The van der Waals surface area contributed by atoms with E-state index in [1.165, 1.54) is 11.1 Å². The summed E-state index contributed by atoms with van der Waals surface area (Å²) >= 11 is 0. The maximum Gasteiger partial charge on any atom is 0.122 e. The SMILES string of the molecule is CCC(N)COc1ccc(C(C)(C)C)cc1C. The summed E-state index contributed by atoms with van der Waals surface area (Å²) in [6.45, 7) is 11.4. The maximum atomic E-state index is 5.85. The summed E-state index contributed by atoms with van der Waals surface area (Å²) in [6, 6.07) is 6.52. The first-order chi connectivity index (χ1) is 7.84. The summed E-state index contributed by atoms with van der Waals surface area (Å²) in [5.74, 6) is 0.946. The molecule has 1 atom stereocenters. The highest BCUT2D eigenvalue weighted by atomic mass is 16.5. The quantitative estimate of drug-likeness (QED) is 0.868. The number of hydrogen-bond donors (Lipinski definition) is 1. The molecule has 0 aliphatic rings. The van der Waals surface area contributed by atoms with Crippen molar-refractivity contribution in [3.8, 4) is 5.75 Å². The summed E-state index contributed by atoms with van der Waals surface area (Å²) in [7, 11) is 0. The second-order valence-electron chi connectivity index (χ2n) is 5.71. The van der Waals surface area contributed by atoms with Gasteiger partial charge in [-0.3, -0.25) is 0 Å². The molecule has 0 aliphatic heterocycles. The Bertz CT molecular complexity index is 366. The van der Waals surface area contributed by atoms with Crippen molar-refractivity contribution in [2.45, 2.75) is 52.5 Å². The minimum absolute atomic E-state index is 0.122. The van der Waals surface area contributed by atoms with Crippen LogP contribution in [0.1, 0.15) is 45.2 Å². The van der Waals surface area contributed by atoms with Crippen LogP contribution in [0.3, 0.4) is 0 Å². The lowest BCUT2D eigenvalue weighted by Gasteiger charge is -2.21. The second kappa shape index (κ2) is 5.54. The van der Waals surface area contributed by atoms with E-state index in [-0.39, 0.29) is 11.5 Å². The highest BCUT2D eigenvalue weighted by Crippen LogP contribution is 2.27. The van der Waals surface area contributed by atoms with Gasteiger partial charge in [-0.2, -0.15) is 0 Å². The Kier molecular flexibility index (Phi) is 4.58. The molecule has 1 aromatic carbocycles. The molecule has 0 saturated carbocycles. The van der Waals surface area contributed by atoms with E-state index >= 15 is 0 Å². The molecule has 0 fully saturated rings. The van der Waals surface area contributed by atoms with E-state index in [4.69, 9.17) is 10.5 Å². The second-order valence-corrected chi connectivity index (χ2v) is 5.71. The first-order valence-electron chi connectivity index (χ1n) is 6.34. The van der Waals surface area contributed by atoms with E-state index in [1.807, 2.05) is 0 Å². The molecule has 0 saturated heterocycles. The Morgan fingerprint density at radius 1 is 1.29 bits per heavy atom. The van der Waals surface area contributed by atoms with Crippen LogP contribution in [0.4, 0.5) is 0 Å². The molecule has 2 heteroatoms. The lowest BCUT2D eigenvalue weighted by Crippen LogP contribution is -2.26. The van der Waals surface area contributed by atoms with E-state index in [0.29, 0.717) is 6.61 Å². The van der Waals surface area contributed by atoms with Crippen molar-refractivity contribution in [1.82, 2.24) is 0 Å². The smallest absolute Gasteiger partial charge is 0.122 e. The van der Waals surface area contributed by atoms with Gasteiger partial charge in [-0.1, -0.05) is 39.8 Å². The van der Waals surface area contributed by atoms with Gasteiger partial charge in [0.15, 0.2) is 0 Å². The Labute approximate surface area is 105 Å². The average Bonchev–Trinajstić information content (AvgIpc) is 2.25. The third-order valence-corrected chi connectivity index (χ3v) is 3.02. The summed E-state index contributed by atoms with van der Waals surface area (Å²) in [4.78, 5) is 0. The zero-order valence-electron chi connectivity index (χ0n) is 11.7. The standard InChI is InChI=1S/C15H25NO/c1-6-13(16)10-17-14-8-7-12(9-11(14)2)15(3,4)5/h7-9,13H,6,10,16H2,1-5H3. The Hall–Kier alpha value is -1.02. The molecule has 96 valence electrons. The minimum Gasteiger partial charge on any atom is -0.492 e. The number of ether oxygens (including phenoxy) is 1. The molecule has 1 unspecified atom stereocenters. The van der Waals surface area contributed by atoms with Gasteiger partial charge in [-0.25, -0.2) is 0 Å². The van der Waals surface area contributed by atoms with Gasteiger partial charge < -0.3 is 10.5 Å². The molecule has 0 aromatic heterocycles. The van der Waals surface area contributed by atoms with E-state index in [9.17, 15) is 0 Å². The van der Waals surface area contributed by atoms with Crippen molar-refractivity contribution < 1.29 is 4.74 Å². The highest BCUT2D eigenvalue weighted by Gasteiger charge is 2.14. The van der Waals surface area contributed by atoms with Crippen molar-refractivity contribution in [1.29, 1.82) is 0 Å². The van der Waals surface area contributed by atoms with Crippen molar-refractivity contribution in [2.24, 2.45) is 5.73 Å². The summed E-state index contributed by atoms with van der Waals surface area (Å²) in [6.07, 6.45) is 0.944. The van der Waals surface area contributed by atoms with Crippen LogP contribution in [0, 0.1) is 6.92 Å². The monoisotopic (exact) mass is 235 g/mol. The lowest BCUT2D eigenvalue weighted by atomic mass is 9.86. The molecule has 0 spiro atoms. The molecule has 0 amide bonds. The molecule has 0 aliphatic carbocycles. The molecule has 0 heterocycles. The van der Waals surface area contributed by atoms with Gasteiger partial charge in [-0.05, 0) is 36.0 Å². The summed E-state index contributed by atoms with van der Waals surface area (Å²) in [5, 5.41) is 0. The normalized spacial score (nSPS) is 13.5. The van der Waals surface area contributed by atoms with Gasteiger partial charge in [0, 0.05) is 6.04 Å². The summed E-state index contributed by atoms with van der Waals surface area (Å²) in [5.41, 5.74) is 8.55. The third kappa shape index (κ3) is 4.04. The molecule has 1 aromatic rings. The summed E-state index contributed by atoms with van der Waals surface area (Å²) < 4.78 is 5.73. The predicted octanol–water partition coefficient (Wildman–Crippen LogP) is 3.41. The fraction of sp³-hybridized carbons (Fsp3) is 0.600. The topological polar surface area (TPSA) is 35.2 Å². The minimum atomic E-state index is 0.122. The van der Waals surface area contributed by atoms with Gasteiger partial charge in [0.1, 0.15) is 12.4 Å². The zero-order chi connectivity index (χ0) is 13.1. The van der Waals surface area contributed by atoms with E-state index in [1.54, 1.807) is 0 Å². The van der Waals surface area contributed by atoms with Crippen molar-refractivity contribution in [3.63, 3.8) is 0 Å². The molecule has 0 radical (unpaired) electrons. The largest absolute Gasteiger partial charge is 0.492 e. The van der Waals surface area contributed by atoms with E-state index < -0.39 is 0 Å². The van der Waals surface area contributed by atoms with Crippen LogP contribution in [0.2, 0.25) is 0 Å².